The molecule has 1 amide bonds. The number of carbonyl (C=O) groups is 2. The molecule has 2 fully saturated rings. The zero-order valence-corrected chi connectivity index (χ0v) is 22.9. The highest BCUT2D eigenvalue weighted by atomic mass is 16.5. The number of pyridine rings is 1. The number of Topliss-reactive ketones (excluding diaryl/α,β-unsaturated/α-hetero) is 1. The molecule has 2 saturated heterocycles. The van der Waals surface area contributed by atoms with Crippen LogP contribution in [-0.2, 0) is 14.3 Å². The summed E-state index contributed by atoms with van der Waals surface area (Å²) < 4.78 is 13.2. The molecule has 2 aliphatic heterocycles. The number of carbonyl (C=O) groups excluding carboxylic acids is 2. The second-order valence-corrected chi connectivity index (χ2v) is 10.2. The van der Waals surface area contributed by atoms with Gasteiger partial charge < -0.3 is 23.9 Å². The van der Waals surface area contributed by atoms with Gasteiger partial charge in [-0.05, 0) is 56.0 Å². The number of rotatable bonds is 9. The molecular weight excluding hydrogens is 496 g/mol. The van der Waals surface area contributed by atoms with Crippen molar-refractivity contribution in [3.63, 3.8) is 0 Å². The zero-order chi connectivity index (χ0) is 27.5. The number of hydrogen-bond acceptors (Lipinski definition) is 7. The average molecular weight is 533 g/mol. The highest BCUT2D eigenvalue weighted by molar-refractivity contribution is 6.46. The number of benzene rings is 1. The quantitative estimate of drug-likeness (QED) is 0.254. The number of nitrogens with zero attached hydrogens (tertiary/aromatic N) is 4. The predicted molar refractivity (Wildman–Crippen MR) is 148 cm³/mol. The van der Waals surface area contributed by atoms with Gasteiger partial charge in [-0.1, -0.05) is 25.1 Å². The third kappa shape index (κ3) is 5.29. The molecule has 1 N–H and O–H groups in total. The van der Waals surface area contributed by atoms with Gasteiger partial charge in [0.05, 0.1) is 37.1 Å². The first kappa shape index (κ1) is 26.9. The van der Waals surface area contributed by atoms with Crippen molar-refractivity contribution in [3.8, 4) is 5.75 Å². The van der Waals surface area contributed by atoms with Gasteiger partial charge in [0.2, 0.25) is 0 Å². The summed E-state index contributed by atoms with van der Waals surface area (Å²) in [6.07, 6.45) is 3.43. The van der Waals surface area contributed by atoms with Gasteiger partial charge in [-0.3, -0.25) is 14.5 Å². The molecule has 1 unspecified atom stereocenters. The van der Waals surface area contributed by atoms with E-state index < -0.39 is 17.7 Å². The molecule has 0 radical (unpaired) electrons. The van der Waals surface area contributed by atoms with Gasteiger partial charge in [0.25, 0.3) is 11.7 Å². The molecule has 1 atom stereocenters. The largest absolute Gasteiger partial charge is 0.505 e. The predicted octanol–water partition coefficient (Wildman–Crippen LogP) is 3.88. The van der Waals surface area contributed by atoms with E-state index in [1.54, 1.807) is 4.90 Å². The number of aromatic nitrogens is 2. The number of ether oxygens (including phenoxy) is 2. The Labute approximate surface area is 228 Å². The van der Waals surface area contributed by atoms with Gasteiger partial charge in [0.15, 0.2) is 5.76 Å². The first-order valence-corrected chi connectivity index (χ1v) is 13.7. The minimum Gasteiger partial charge on any atom is -0.505 e. The summed E-state index contributed by atoms with van der Waals surface area (Å²) in [5.74, 6) is -0.903. The van der Waals surface area contributed by atoms with Crippen molar-refractivity contribution in [2.75, 3.05) is 46.0 Å². The first-order valence-electron chi connectivity index (χ1n) is 13.7. The second kappa shape index (κ2) is 11.6. The number of morpholine rings is 1. The molecule has 1 aromatic carbocycles. The van der Waals surface area contributed by atoms with Crippen LogP contribution < -0.4 is 4.74 Å². The van der Waals surface area contributed by atoms with E-state index in [0.717, 1.165) is 31.6 Å². The number of fused-ring (bicyclic) bond motifs is 1. The van der Waals surface area contributed by atoms with Crippen molar-refractivity contribution >= 4 is 23.1 Å². The maximum absolute atomic E-state index is 13.5. The summed E-state index contributed by atoms with van der Waals surface area (Å²) in [7, 11) is 0. The van der Waals surface area contributed by atoms with Crippen molar-refractivity contribution < 1.29 is 24.2 Å². The Morgan fingerprint density at radius 2 is 1.92 bits per heavy atom. The van der Waals surface area contributed by atoms with E-state index in [0.29, 0.717) is 61.1 Å². The number of ketones is 1. The van der Waals surface area contributed by atoms with Crippen LogP contribution in [0.25, 0.3) is 11.4 Å². The van der Waals surface area contributed by atoms with Crippen LogP contribution in [0, 0.1) is 13.8 Å². The Balaban J connectivity index is 1.55. The lowest BCUT2D eigenvalue weighted by atomic mass is 9.96. The molecule has 0 aliphatic carbocycles. The van der Waals surface area contributed by atoms with Crippen LogP contribution in [0.2, 0.25) is 0 Å². The standard InChI is InChI=1S/C30H36N4O5/c1-4-16-39-23-10-5-9-22(19-23)26-24(27(35)25-21(3)33-12-6-8-20(2)29(33)31-25)28(36)30(37)34(26)13-7-11-32-14-17-38-18-15-32/h5-6,8-10,12,19,26,35H,4,7,11,13-18H2,1-3H3/b27-24+. The van der Waals surface area contributed by atoms with Crippen molar-refractivity contribution in [2.45, 2.75) is 39.7 Å². The summed E-state index contributed by atoms with van der Waals surface area (Å²) in [6, 6.07) is 10.6. The molecule has 9 heteroatoms. The van der Waals surface area contributed by atoms with E-state index in [1.165, 1.54) is 0 Å². The number of aliphatic hydroxyl groups is 1. The summed E-state index contributed by atoms with van der Waals surface area (Å²) in [4.78, 5) is 35.5. The Morgan fingerprint density at radius 1 is 1.13 bits per heavy atom. The molecule has 9 nitrogen and oxygen atoms in total. The molecule has 5 rings (SSSR count). The maximum Gasteiger partial charge on any atom is 0.295 e. The van der Waals surface area contributed by atoms with E-state index in [9.17, 15) is 14.7 Å². The lowest BCUT2D eigenvalue weighted by Crippen LogP contribution is -2.38. The molecule has 4 heterocycles. The molecule has 2 aliphatic rings. The molecule has 0 bridgehead atoms. The van der Waals surface area contributed by atoms with Gasteiger partial charge in [-0.15, -0.1) is 0 Å². The van der Waals surface area contributed by atoms with Crippen LogP contribution in [0.1, 0.15) is 48.3 Å². The number of hydrogen-bond donors (Lipinski definition) is 1. The monoisotopic (exact) mass is 532 g/mol. The minimum absolute atomic E-state index is 0.0585. The Hall–Kier alpha value is -3.69. The molecule has 2 aromatic heterocycles. The fourth-order valence-electron chi connectivity index (χ4n) is 5.41. The van der Waals surface area contributed by atoms with E-state index in [4.69, 9.17) is 9.47 Å². The molecular formula is C30H36N4O5. The molecule has 0 saturated carbocycles. The normalized spacial score (nSPS) is 19.8. The summed E-state index contributed by atoms with van der Waals surface area (Å²) in [5, 5.41) is 11.6. The minimum atomic E-state index is -0.745. The highest BCUT2D eigenvalue weighted by Crippen LogP contribution is 2.40. The van der Waals surface area contributed by atoms with Gasteiger partial charge in [0, 0.05) is 32.4 Å². The number of aryl methyl sites for hydroxylation is 2. The smallest absolute Gasteiger partial charge is 0.295 e. The number of imidazole rings is 1. The van der Waals surface area contributed by atoms with Gasteiger partial charge >= 0.3 is 0 Å². The fraction of sp³-hybridized carbons (Fsp3) is 0.433. The van der Waals surface area contributed by atoms with Crippen LogP contribution >= 0.6 is 0 Å². The second-order valence-electron chi connectivity index (χ2n) is 10.2. The van der Waals surface area contributed by atoms with Crippen LogP contribution in [0.4, 0.5) is 0 Å². The van der Waals surface area contributed by atoms with E-state index in [2.05, 4.69) is 9.88 Å². The van der Waals surface area contributed by atoms with Gasteiger partial charge in [-0.2, -0.15) is 0 Å². The van der Waals surface area contributed by atoms with Crippen molar-refractivity contribution in [1.82, 2.24) is 19.2 Å². The van der Waals surface area contributed by atoms with Gasteiger partial charge in [-0.25, -0.2) is 4.98 Å². The Morgan fingerprint density at radius 3 is 2.67 bits per heavy atom. The summed E-state index contributed by atoms with van der Waals surface area (Å²) >= 11 is 0. The van der Waals surface area contributed by atoms with Crippen LogP contribution in [0.15, 0.2) is 48.2 Å². The third-order valence-electron chi connectivity index (χ3n) is 7.47. The summed E-state index contributed by atoms with van der Waals surface area (Å²) in [5.41, 5.74) is 3.42. The molecule has 206 valence electrons. The van der Waals surface area contributed by atoms with E-state index >= 15 is 0 Å². The lowest BCUT2D eigenvalue weighted by Gasteiger charge is -2.29. The van der Waals surface area contributed by atoms with Crippen molar-refractivity contribution in [1.29, 1.82) is 0 Å². The third-order valence-corrected chi connectivity index (χ3v) is 7.47. The molecule has 0 spiro atoms. The number of aliphatic hydroxyl groups excluding tert-OH is 1. The lowest BCUT2D eigenvalue weighted by molar-refractivity contribution is -0.140. The number of likely N-dealkylation sites (tertiary alicyclic amines) is 1. The first-order chi connectivity index (χ1) is 18.9. The Kier molecular flexibility index (Phi) is 7.99. The summed E-state index contributed by atoms with van der Waals surface area (Å²) in [6.45, 7) is 10.7. The van der Waals surface area contributed by atoms with Crippen LogP contribution in [0.5, 0.6) is 5.75 Å². The maximum atomic E-state index is 13.5. The number of amides is 1. The zero-order valence-electron chi connectivity index (χ0n) is 22.9. The van der Waals surface area contributed by atoms with E-state index in [1.807, 2.05) is 67.8 Å². The Bertz CT molecular complexity index is 1410. The SMILES string of the molecule is CCCOc1cccc(C2/C(=C(\O)c3nc4c(C)cccn4c3C)C(=O)C(=O)N2CCCN2CCOCC2)c1. The van der Waals surface area contributed by atoms with E-state index in [-0.39, 0.29) is 11.3 Å². The topological polar surface area (TPSA) is 96.6 Å². The average Bonchev–Trinajstić information content (AvgIpc) is 3.42. The van der Waals surface area contributed by atoms with Crippen LogP contribution in [-0.4, -0.2) is 82.0 Å². The van der Waals surface area contributed by atoms with Crippen LogP contribution in [0.3, 0.4) is 0 Å². The van der Waals surface area contributed by atoms with Crippen molar-refractivity contribution in [2.24, 2.45) is 0 Å². The molecule has 39 heavy (non-hydrogen) atoms. The fourth-order valence-corrected chi connectivity index (χ4v) is 5.41. The molecule has 3 aromatic rings. The highest BCUT2D eigenvalue weighted by Gasteiger charge is 2.46. The van der Waals surface area contributed by atoms with Crippen molar-refractivity contribution in [3.05, 3.63) is 70.7 Å². The van der Waals surface area contributed by atoms with Gasteiger partial charge in [0.1, 0.15) is 17.1 Å².